The van der Waals surface area contributed by atoms with Gasteiger partial charge >= 0.3 is 0 Å². The van der Waals surface area contributed by atoms with Gasteiger partial charge in [-0.25, -0.2) is 8.42 Å². The van der Waals surface area contributed by atoms with E-state index < -0.39 is 10.0 Å². The van der Waals surface area contributed by atoms with Gasteiger partial charge in [0.15, 0.2) is 0 Å². The number of nitrogens with one attached hydrogen (secondary N) is 2. The number of hydrogen-bond acceptors (Lipinski definition) is 5. The Morgan fingerprint density at radius 1 is 1.09 bits per heavy atom. The van der Waals surface area contributed by atoms with E-state index in [0.717, 1.165) is 16.5 Å². The van der Waals surface area contributed by atoms with Gasteiger partial charge in [-0.2, -0.15) is 0 Å². The van der Waals surface area contributed by atoms with Gasteiger partial charge in [0.2, 0.25) is 5.91 Å². The van der Waals surface area contributed by atoms with Crippen molar-refractivity contribution in [3.8, 4) is 5.75 Å². The average Bonchev–Trinajstić information content (AvgIpc) is 3.16. The van der Waals surface area contributed by atoms with Crippen LogP contribution >= 0.6 is 11.6 Å². The zero-order valence-electron chi connectivity index (χ0n) is 17.9. The van der Waals surface area contributed by atoms with Crippen LogP contribution < -0.4 is 14.8 Å². The molecule has 0 aliphatic rings. The first-order valence-electron chi connectivity index (χ1n) is 9.99. The molecule has 0 spiro atoms. The predicted molar refractivity (Wildman–Crippen MR) is 129 cm³/mol. The lowest BCUT2D eigenvalue weighted by atomic mass is 10.1. The van der Waals surface area contributed by atoms with Crippen molar-refractivity contribution in [3.63, 3.8) is 0 Å². The lowest BCUT2D eigenvalue weighted by Crippen LogP contribution is -2.17. The number of ether oxygens (including phenoxy) is 1. The molecule has 3 aromatic carbocycles. The Morgan fingerprint density at radius 3 is 2.64 bits per heavy atom. The normalized spacial score (nSPS) is 11.4. The van der Waals surface area contributed by atoms with Crippen LogP contribution in [-0.4, -0.2) is 21.4 Å². The number of hydrogen-bond donors (Lipinski definition) is 2. The van der Waals surface area contributed by atoms with E-state index in [4.69, 9.17) is 20.8 Å². The number of carbonyl (C=O) groups excluding carboxylic acids is 1. The van der Waals surface area contributed by atoms with Crippen molar-refractivity contribution >= 4 is 49.9 Å². The van der Waals surface area contributed by atoms with Crippen LogP contribution in [0.25, 0.3) is 11.0 Å². The maximum absolute atomic E-state index is 13.0. The second kappa shape index (κ2) is 9.17. The summed E-state index contributed by atoms with van der Waals surface area (Å²) in [5.74, 6) is -0.186. The summed E-state index contributed by atoms with van der Waals surface area (Å²) in [5, 5.41) is 3.86. The third-order valence-electron chi connectivity index (χ3n) is 5.02. The van der Waals surface area contributed by atoms with Gasteiger partial charge in [-0.15, -0.1) is 0 Å². The molecule has 4 aromatic rings. The Hall–Kier alpha value is -3.49. The van der Waals surface area contributed by atoms with Crippen LogP contribution in [0.5, 0.6) is 5.75 Å². The highest BCUT2D eigenvalue weighted by molar-refractivity contribution is 7.92. The number of benzene rings is 3. The molecular weight excluding hydrogens is 464 g/mol. The zero-order chi connectivity index (χ0) is 23.6. The highest BCUT2D eigenvalue weighted by atomic mass is 35.5. The SMILES string of the molecule is COc1ccc(NC(=O)Cc2coc3cc(C)ccc23)cc1S(=O)(=O)Nc1ccccc1Cl. The average molecular weight is 485 g/mol. The van der Waals surface area contributed by atoms with Crippen molar-refractivity contribution < 1.29 is 22.4 Å². The summed E-state index contributed by atoms with van der Waals surface area (Å²) < 4.78 is 39.3. The molecule has 2 N–H and O–H groups in total. The summed E-state index contributed by atoms with van der Waals surface area (Å²) in [6.45, 7) is 1.96. The number of carbonyl (C=O) groups is 1. The molecule has 0 unspecified atom stereocenters. The van der Waals surface area contributed by atoms with E-state index in [-0.39, 0.29) is 33.7 Å². The molecule has 0 aliphatic heterocycles. The number of para-hydroxylation sites is 1. The van der Waals surface area contributed by atoms with Crippen LogP contribution in [0.4, 0.5) is 11.4 Å². The summed E-state index contributed by atoms with van der Waals surface area (Å²) in [7, 11) is -2.68. The van der Waals surface area contributed by atoms with Gasteiger partial charge in [0, 0.05) is 16.6 Å². The molecule has 0 saturated carbocycles. The number of aryl methyl sites for hydroxylation is 1. The van der Waals surface area contributed by atoms with Crippen LogP contribution in [0.15, 0.2) is 76.2 Å². The van der Waals surface area contributed by atoms with E-state index in [1.165, 1.54) is 19.2 Å². The molecule has 7 nitrogen and oxygen atoms in total. The van der Waals surface area contributed by atoms with Crippen molar-refractivity contribution in [1.82, 2.24) is 0 Å². The Balaban J connectivity index is 1.57. The fourth-order valence-corrected chi connectivity index (χ4v) is 4.93. The maximum Gasteiger partial charge on any atom is 0.265 e. The monoisotopic (exact) mass is 484 g/mol. The second-order valence-electron chi connectivity index (χ2n) is 7.44. The molecular formula is C24H21ClN2O5S. The van der Waals surface area contributed by atoms with Gasteiger partial charge in [0.25, 0.3) is 10.0 Å². The fraction of sp³-hybridized carbons (Fsp3) is 0.125. The Morgan fingerprint density at radius 2 is 1.88 bits per heavy atom. The minimum absolute atomic E-state index is 0.0715. The zero-order valence-corrected chi connectivity index (χ0v) is 19.5. The molecule has 33 heavy (non-hydrogen) atoms. The van der Waals surface area contributed by atoms with Crippen molar-refractivity contribution in [2.24, 2.45) is 0 Å². The Kier molecular flexibility index (Phi) is 6.31. The van der Waals surface area contributed by atoms with Crippen LogP contribution in [0.1, 0.15) is 11.1 Å². The van der Waals surface area contributed by atoms with E-state index in [1.807, 2.05) is 25.1 Å². The third kappa shape index (κ3) is 4.97. The lowest BCUT2D eigenvalue weighted by molar-refractivity contribution is -0.115. The highest BCUT2D eigenvalue weighted by Gasteiger charge is 2.22. The quantitative estimate of drug-likeness (QED) is 0.366. The summed E-state index contributed by atoms with van der Waals surface area (Å²) >= 11 is 6.09. The first-order valence-corrected chi connectivity index (χ1v) is 11.8. The predicted octanol–water partition coefficient (Wildman–Crippen LogP) is 5.39. The fourth-order valence-electron chi connectivity index (χ4n) is 3.41. The number of anilines is 2. The molecule has 9 heteroatoms. The standard InChI is InChI=1S/C24H21ClN2O5S/c1-15-7-9-18-16(14-32-22(18)11-15)12-24(28)26-17-8-10-21(31-2)23(13-17)33(29,30)27-20-6-4-3-5-19(20)25/h3-11,13-14,27H,12H2,1-2H3,(H,26,28). The Labute approximate surface area is 196 Å². The highest BCUT2D eigenvalue weighted by Crippen LogP contribution is 2.31. The third-order valence-corrected chi connectivity index (χ3v) is 6.73. The first-order chi connectivity index (χ1) is 15.8. The Bertz CT molecular complexity index is 1450. The lowest BCUT2D eigenvalue weighted by Gasteiger charge is -2.14. The number of fused-ring (bicyclic) bond motifs is 1. The van der Waals surface area contributed by atoms with Crippen molar-refractivity contribution in [1.29, 1.82) is 0 Å². The van der Waals surface area contributed by atoms with Gasteiger partial charge in [-0.1, -0.05) is 35.9 Å². The molecule has 0 aliphatic carbocycles. The molecule has 1 heterocycles. The largest absolute Gasteiger partial charge is 0.495 e. The van der Waals surface area contributed by atoms with Crippen LogP contribution in [0.3, 0.4) is 0 Å². The minimum atomic E-state index is -4.05. The number of methoxy groups -OCH3 is 1. The first kappa shape index (κ1) is 22.7. The number of furan rings is 1. The number of sulfonamides is 1. The van der Waals surface area contributed by atoms with Crippen molar-refractivity contribution in [2.45, 2.75) is 18.2 Å². The second-order valence-corrected chi connectivity index (χ2v) is 9.49. The molecule has 1 aromatic heterocycles. The summed E-state index contributed by atoms with van der Waals surface area (Å²) in [6.07, 6.45) is 1.63. The van der Waals surface area contributed by atoms with E-state index in [1.54, 1.807) is 36.6 Å². The van der Waals surface area contributed by atoms with Crippen molar-refractivity contribution in [3.05, 3.63) is 83.1 Å². The van der Waals surface area contributed by atoms with Gasteiger partial charge in [-0.05, 0) is 48.9 Å². The van der Waals surface area contributed by atoms with Crippen molar-refractivity contribution in [2.75, 3.05) is 17.1 Å². The molecule has 0 atom stereocenters. The molecule has 4 rings (SSSR count). The van der Waals surface area contributed by atoms with Crippen LogP contribution in [0.2, 0.25) is 5.02 Å². The minimum Gasteiger partial charge on any atom is -0.495 e. The number of halogens is 1. The molecule has 0 radical (unpaired) electrons. The van der Waals surface area contributed by atoms with Crippen LogP contribution in [-0.2, 0) is 21.2 Å². The van der Waals surface area contributed by atoms with Gasteiger partial charge < -0.3 is 14.5 Å². The smallest absolute Gasteiger partial charge is 0.265 e. The van der Waals surface area contributed by atoms with E-state index in [2.05, 4.69) is 10.0 Å². The summed E-state index contributed by atoms with van der Waals surface area (Å²) in [4.78, 5) is 12.5. The molecule has 170 valence electrons. The summed E-state index contributed by atoms with van der Waals surface area (Å²) in [6, 6.07) is 16.6. The molecule has 0 saturated heterocycles. The summed E-state index contributed by atoms with van der Waals surface area (Å²) in [5.41, 5.74) is 3.05. The van der Waals surface area contributed by atoms with E-state index in [0.29, 0.717) is 11.3 Å². The maximum atomic E-state index is 13.0. The number of amides is 1. The van der Waals surface area contributed by atoms with E-state index in [9.17, 15) is 13.2 Å². The molecule has 1 amide bonds. The topological polar surface area (TPSA) is 97.6 Å². The van der Waals surface area contributed by atoms with E-state index >= 15 is 0 Å². The van der Waals surface area contributed by atoms with Gasteiger partial charge in [0.05, 0.1) is 30.5 Å². The van der Waals surface area contributed by atoms with Gasteiger partial charge in [-0.3, -0.25) is 9.52 Å². The van der Waals surface area contributed by atoms with Gasteiger partial charge in [0.1, 0.15) is 16.2 Å². The molecule has 0 bridgehead atoms. The molecule has 0 fully saturated rings. The number of rotatable bonds is 7. The van der Waals surface area contributed by atoms with Crippen LogP contribution in [0, 0.1) is 6.92 Å².